The number of carbonyl (C=O) groups is 2. The molecule has 0 fully saturated rings. The summed E-state index contributed by atoms with van der Waals surface area (Å²) in [6.45, 7) is 0. The molecule has 1 N–H and O–H groups in total. The second-order valence-electron chi connectivity index (χ2n) is 3.42. The normalized spacial score (nSPS) is 9.95. The summed E-state index contributed by atoms with van der Waals surface area (Å²) < 4.78 is 4.45. The molecule has 19 heavy (non-hydrogen) atoms. The van der Waals surface area contributed by atoms with Crippen molar-refractivity contribution in [2.45, 2.75) is 11.3 Å². The van der Waals surface area contributed by atoms with E-state index in [1.54, 1.807) is 0 Å². The fourth-order valence-electron chi connectivity index (χ4n) is 1.26. The lowest BCUT2D eigenvalue weighted by molar-refractivity contribution is -0.387. The highest BCUT2D eigenvalue weighted by Gasteiger charge is 2.17. The molecule has 0 aliphatic carbocycles. The highest BCUT2D eigenvalue weighted by atomic mass is 32.2. The zero-order valence-electron chi connectivity index (χ0n) is 9.99. The minimum atomic E-state index is -1.16. The molecule has 1 aromatic carbocycles. The van der Waals surface area contributed by atoms with Crippen molar-refractivity contribution < 1.29 is 24.4 Å². The van der Waals surface area contributed by atoms with Gasteiger partial charge in [-0.3, -0.25) is 14.9 Å². The number of thioether (sulfide) groups is 1. The van der Waals surface area contributed by atoms with Crippen LogP contribution < -0.4 is 0 Å². The SMILES string of the molecule is COC(=O)CCSc1cc(C(=O)O)ccc1[N+](=O)[O-]. The van der Waals surface area contributed by atoms with Crippen molar-refractivity contribution in [3.8, 4) is 0 Å². The second kappa shape index (κ2) is 6.74. The molecule has 0 atom stereocenters. The summed E-state index contributed by atoms with van der Waals surface area (Å²) in [6, 6.07) is 3.54. The van der Waals surface area contributed by atoms with E-state index in [0.29, 0.717) is 0 Å². The molecule has 0 amide bonds. The summed E-state index contributed by atoms with van der Waals surface area (Å²) in [7, 11) is 1.25. The summed E-state index contributed by atoms with van der Waals surface area (Å²) >= 11 is 1.04. The summed E-state index contributed by atoms with van der Waals surface area (Å²) in [6.07, 6.45) is 0.0929. The van der Waals surface area contributed by atoms with E-state index < -0.39 is 16.9 Å². The Balaban J connectivity index is 2.88. The Bertz CT molecular complexity index is 516. The number of benzene rings is 1. The standard InChI is InChI=1S/C11H11NO6S/c1-18-10(13)4-5-19-9-6-7(11(14)15)2-3-8(9)12(16)17/h2-3,6H,4-5H2,1H3,(H,14,15). The van der Waals surface area contributed by atoms with Gasteiger partial charge in [-0.25, -0.2) is 4.79 Å². The maximum atomic E-state index is 10.9. The zero-order valence-corrected chi connectivity index (χ0v) is 10.8. The largest absolute Gasteiger partial charge is 0.478 e. The molecule has 0 bridgehead atoms. The van der Waals surface area contributed by atoms with Gasteiger partial charge in [-0.1, -0.05) is 0 Å². The third-order valence-corrected chi connectivity index (χ3v) is 3.24. The van der Waals surface area contributed by atoms with Crippen molar-refractivity contribution in [2.24, 2.45) is 0 Å². The van der Waals surface area contributed by atoms with Gasteiger partial charge in [0.1, 0.15) is 0 Å². The minimum Gasteiger partial charge on any atom is -0.478 e. The van der Waals surface area contributed by atoms with Crippen LogP contribution in [0.4, 0.5) is 5.69 Å². The van der Waals surface area contributed by atoms with Gasteiger partial charge in [0.15, 0.2) is 0 Å². The van der Waals surface area contributed by atoms with Gasteiger partial charge in [-0.15, -0.1) is 11.8 Å². The number of methoxy groups -OCH3 is 1. The highest BCUT2D eigenvalue weighted by Crippen LogP contribution is 2.30. The molecule has 0 spiro atoms. The molecule has 0 aliphatic rings. The van der Waals surface area contributed by atoms with Crippen LogP contribution in [0.2, 0.25) is 0 Å². The number of carbonyl (C=O) groups excluding carboxylic acids is 1. The average Bonchev–Trinajstić information content (AvgIpc) is 2.37. The number of aromatic carboxylic acids is 1. The quantitative estimate of drug-likeness (QED) is 0.368. The number of ether oxygens (including phenoxy) is 1. The molecule has 0 unspecified atom stereocenters. The van der Waals surface area contributed by atoms with E-state index in [1.165, 1.54) is 19.2 Å². The Morgan fingerprint density at radius 3 is 2.68 bits per heavy atom. The fraction of sp³-hybridized carbons (Fsp3) is 0.273. The maximum Gasteiger partial charge on any atom is 0.335 e. The Morgan fingerprint density at radius 2 is 2.16 bits per heavy atom. The fourth-order valence-corrected chi connectivity index (χ4v) is 2.25. The predicted molar refractivity (Wildman–Crippen MR) is 67.4 cm³/mol. The molecular formula is C11H11NO6S. The minimum absolute atomic E-state index is 0.0360. The van der Waals surface area contributed by atoms with E-state index in [-0.39, 0.29) is 28.3 Å². The lowest BCUT2D eigenvalue weighted by atomic mass is 10.2. The molecule has 7 nitrogen and oxygen atoms in total. The van der Waals surface area contributed by atoms with Crippen LogP contribution in [0.25, 0.3) is 0 Å². The lowest BCUT2D eigenvalue weighted by Crippen LogP contribution is -2.02. The molecule has 1 rings (SSSR count). The third-order valence-electron chi connectivity index (χ3n) is 2.19. The number of nitrogens with zero attached hydrogens (tertiary/aromatic N) is 1. The first-order valence-electron chi connectivity index (χ1n) is 5.17. The van der Waals surface area contributed by atoms with Crippen LogP contribution in [0.15, 0.2) is 23.1 Å². The molecule has 1 aromatic rings. The van der Waals surface area contributed by atoms with Crippen molar-refractivity contribution in [3.05, 3.63) is 33.9 Å². The van der Waals surface area contributed by atoms with Crippen LogP contribution in [-0.2, 0) is 9.53 Å². The predicted octanol–water partition coefficient (Wildman–Crippen LogP) is 1.95. The second-order valence-corrected chi connectivity index (χ2v) is 4.56. The average molecular weight is 285 g/mol. The van der Waals surface area contributed by atoms with Crippen LogP contribution in [0.1, 0.15) is 16.8 Å². The zero-order chi connectivity index (χ0) is 14.4. The van der Waals surface area contributed by atoms with Crippen molar-refractivity contribution in [3.63, 3.8) is 0 Å². The molecule has 0 saturated carbocycles. The van der Waals surface area contributed by atoms with Crippen LogP contribution in [0.3, 0.4) is 0 Å². The number of nitro benzene ring substituents is 1. The number of rotatable bonds is 6. The van der Waals surface area contributed by atoms with Crippen LogP contribution in [0, 0.1) is 10.1 Å². The molecule has 0 aromatic heterocycles. The highest BCUT2D eigenvalue weighted by molar-refractivity contribution is 7.99. The van der Waals surface area contributed by atoms with Gasteiger partial charge in [0.2, 0.25) is 0 Å². The van der Waals surface area contributed by atoms with Crippen LogP contribution in [0.5, 0.6) is 0 Å². The molecule has 0 heterocycles. The van der Waals surface area contributed by atoms with Gasteiger partial charge in [-0.2, -0.15) is 0 Å². The summed E-state index contributed by atoms with van der Waals surface area (Å²) in [5.41, 5.74) is -0.217. The summed E-state index contributed by atoms with van der Waals surface area (Å²) in [5, 5.41) is 19.6. The Hall–Kier alpha value is -2.09. The topological polar surface area (TPSA) is 107 Å². The maximum absolute atomic E-state index is 10.9. The summed E-state index contributed by atoms with van der Waals surface area (Å²) in [5.74, 6) is -1.31. The molecule has 0 aliphatic heterocycles. The number of nitro groups is 1. The third kappa shape index (κ3) is 4.25. The van der Waals surface area contributed by atoms with E-state index in [0.717, 1.165) is 17.8 Å². The van der Waals surface area contributed by atoms with Gasteiger partial charge in [0.25, 0.3) is 5.69 Å². The van der Waals surface area contributed by atoms with Gasteiger partial charge >= 0.3 is 11.9 Å². The van der Waals surface area contributed by atoms with Gasteiger partial charge in [0, 0.05) is 11.8 Å². The number of hydrogen-bond donors (Lipinski definition) is 1. The number of carboxylic acid groups (broad SMARTS) is 1. The summed E-state index contributed by atoms with van der Waals surface area (Å²) in [4.78, 5) is 32.2. The Labute approximate surface area is 112 Å². The van der Waals surface area contributed by atoms with E-state index in [1.807, 2.05) is 0 Å². The van der Waals surface area contributed by atoms with E-state index in [2.05, 4.69) is 4.74 Å². The van der Waals surface area contributed by atoms with Gasteiger partial charge in [0.05, 0.1) is 28.9 Å². The number of esters is 1. The smallest absolute Gasteiger partial charge is 0.335 e. The van der Waals surface area contributed by atoms with Gasteiger partial charge in [-0.05, 0) is 12.1 Å². The van der Waals surface area contributed by atoms with Gasteiger partial charge < -0.3 is 9.84 Å². The van der Waals surface area contributed by atoms with E-state index in [4.69, 9.17) is 5.11 Å². The van der Waals surface area contributed by atoms with E-state index in [9.17, 15) is 19.7 Å². The first-order chi connectivity index (χ1) is 8.95. The first-order valence-corrected chi connectivity index (χ1v) is 6.15. The lowest BCUT2D eigenvalue weighted by Gasteiger charge is -2.04. The van der Waals surface area contributed by atoms with Crippen molar-refractivity contribution in [1.82, 2.24) is 0 Å². The van der Waals surface area contributed by atoms with Crippen molar-refractivity contribution in [2.75, 3.05) is 12.9 Å². The van der Waals surface area contributed by atoms with Crippen molar-refractivity contribution in [1.29, 1.82) is 0 Å². The molecule has 0 radical (unpaired) electrons. The first kappa shape index (κ1) is 15.0. The number of hydrogen-bond acceptors (Lipinski definition) is 6. The molecule has 8 heteroatoms. The van der Waals surface area contributed by atoms with Crippen LogP contribution in [-0.4, -0.2) is 34.8 Å². The Morgan fingerprint density at radius 1 is 1.47 bits per heavy atom. The Kier molecular flexibility index (Phi) is 5.31. The van der Waals surface area contributed by atoms with Crippen LogP contribution >= 0.6 is 11.8 Å². The van der Waals surface area contributed by atoms with Crippen molar-refractivity contribution >= 4 is 29.4 Å². The molecule has 0 saturated heterocycles. The molecule has 102 valence electrons. The monoisotopic (exact) mass is 285 g/mol. The number of carboxylic acids is 1. The molecular weight excluding hydrogens is 274 g/mol. The van der Waals surface area contributed by atoms with E-state index >= 15 is 0 Å².